The fourth-order valence-corrected chi connectivity index (χ4v) is 1.84. The second-order valence-corrected chi connectivity index (χ2v) is 5.13. The Morgan fingerprint density at radius 3 is 2.18 bits per heavy atom. The third-order valence-electron chi connectivity index (χ3n) is 1.54. The normalized spacial score (nSPS) is 22.0. The molecular formula is C5H12NO3PS. The lowest BCUT2D eigenvalue weighted by molar-refractivity contribution is -0.0815. The van der Waals surface area contributed by atoms with Gasteiger partial charge in [0.1, 0.15) is 0 Å². The van der Waals surface area contributed by atoms with Crippen LogP contribution in [0, 0.1) is 0 Å². The first-order valence-electron chi connectivity index (χ1n) is 3.58. The highest BCUT2D eigenvalue weighted by molar-refractivity contribution is 8.06. The van der Waals surface area contributed by atoms with Crippen LogP contribution in [-0.2, 0) is 16.4 Å². The second-order valence-electron chi connectivity index (χ2n) is 2.56. The topological polar surface area (TPSA) is 52.9 Å². The number of piperidine rings is 1. The summed E-state index contributed by atoms with van der Waals surface area (Å²) in [4.78, 5) is 17.6. The number of nitrogens with zero attached hydrogens (tertiary/aromatic N) is 1. The zero-order valence-electron chi connectivity index (χ0n) is 6.14. The summed E-state index contributed by atoms with van der Waals surface area (Å²) in [5, 5.41) is 1.55. The summed E-state index contributed by atoms with van der Waals surface area (Å²) in [7, 11) is 0. The number of rotatable bonds is 2. The van der Waals surface area contributed by atoms with E-state index in [9.17, 15) is 0 Å². The van der Waals surface area contributed by atoms with Gasteiger partial charge in [-0.2, -0.15) is 5.06 Å². The van der Waals surface area contributed by atoms with Crippen molar-refractivity contribution in [3.05, 3.63) is 0 Å². The largest absolute Gasteiger partial charge is 0.338 e. The Morgan fingerprint density at radius 1 is 1.18 bits per heavy atom. The lowest BCUT2D eigenvalue weighted by atomic mass is 10.2. The minimum Gasteiger partial charge on any atom is -0.324 e. The monoisotopic (exact) mass is 197 g/mol. The Morgan fingerprint density at radius 2 is 1.73 bits per heavy atom. The highest BCUT2D eigenvalue weighted by Crippen LogP contribution is 2.38. The van der Waals surface area contributed by atoms with Crippen LogP contribution in [-0.4, -0.2) is 27.9 Å². The predicted octanol–water partition coefficient (Wildman–Crippen LogP) is 0.613. The van der Waals surface area contributed by atoms with Gasteiger partial charge in [-0.1, -0.05) is 6.42 Å². The molecule has 0 spiro atoms. The molecule has 11 heavy (non-hydrogen) atoms. The van der Waals surface area contributed by atoms with Crippen LogP contribution in [0.15, 0.2) is 0 Å². The molecule has 0 radical (unpaired) electrons. The Labute approximate surface area is 71.0 Å². The molecule has 0 aromatic heterocycles. The second kappa shape index (κ2) is 3.94. The first-order chi connectivity index (χ1) is 5.08. The molecule has 1 fully saturated rings. The van der Waals surface area contributed by atoms with Crippen LogP contribution in [0.4, 0.5) is 0 Å². The van der Waals surface area contributed by atoms with Gasteiger partial charge < -0.3 is 9.79 Å². The molecule has 6 heteroatoms. The van der Waals surface area contributed by atoms with Crippen molar-refractivity contribution in [1.29, 1.82) is 0 Å². The van der Waals surface area contributed by atoms with E-state index in [-0.39, 0.29) is 0 Å². The van der Waals surface area contributed by atoms with Gasteiger partial charge in [0, 0.05) is 13.1 Å². The molecule has 0 aromatic carbocycles. The summed E-state index contributed by atoms with van der Waals surface area (Å²) < 4.78 is 4.75. The van der Waals surface area contributed by atoms with Crippen LogP contribution < -0.4 is 0 Å². The van der Waals surface area contributed by atoms with Crippen LogP contribution >= 0.6 is 6.72 Å². The zero-order chi connectivity index (χ0) is 8.32. The van der Waals surface area contributed by atoms with Gasteiger partial charge in [-0.25, -0.2) is 4.62 Å². The third-order valence-corrected chi connectivity index (χ3v) is 2.18. The van der Waals surface area contributed by atoms with Crippen LogP contribution in [0.2, 0.25) is 0 Å². The van der Waals surface area contributed by atoms with Crippen molar-refractivity contribution in [1.82, 2.24) is 5.06 Å². The van der Waals surface area contributed by atoms with Gasteiger partial charge in [-0.3, -0.25) is 0 Å². The molecule has 0 atom stereocenters. The summed E-state index contributed by atoms with van der Waals surface area (Å²) >= 11 is 4.32. The SMILES string of the molecule is OP(O)(=S)ON1CCCCC1. The van der Waals surface area contributed by atoms with Crippen molar-refractivity contribution in [3.63, 3.8) is 0 Å². The van der Waals surface area contributed by atoms with Crippen LogP contribution in [0.5, 0.6) is 0 Å². The molecule has 0 aromatic rings. The zero-order valence-corrected chi connectivity index (χ0v) is 7.85. The van der Waals surface area contributed by atoms with E-state index in [2.05, 4.69) is 11.8 Å². The Balaban J connectivity index is 2.30. The minimum absolute atomic E-state index is 0.750. The van der Waals surface area contributed by atoms with Crippen molar-refractivity contribution in [2.24, 2.45) is 0 Å². The van der Waals surface area contributed by atoms with Gasteiger partial charge >= 0.3 is 6.72 Å². The Hall–Kier alpha value is 0.490. The quantitative estimate of drug-likeness (QED) is 0.635. The average Bonchev–Trinajstić information content (AvgIpc) is 1.85. The maximum atomic E-state index is 8.79. The number of hydrogen-bond donors (Lipinski definition) is 2. The van der Waals surface area contributed by atoms with E-state index in [1.165, 1.54) is 6.42 Å². The summed E-state index contributed by atoms with van der Waals surface area (Å²) in [6.07, 6.45) is 3.25. The molecule has 4 nitrogen and oxygen atoms in total. The Bertz CT molecular complexity index is 165. The molecule has 0 unspecified atom stereocenters. The van der Waals surface area contributed by atoms with E-state index in [0.29, 0.717) is 0 Å². The summed E-state index contributed by atoms with van der Waals surface area (Å²) in [5.41, 5.74) is 0. The number of hydrogen-bond acceptors (Lipinski definition) is 3. The van der Waals surface area contributed by atoms with Gasteiger partial charge in [0.15, 0.2) is 0 Å². The van der Waals surface area contributed by atoms with Crippen molar-refractivity contribution < 1.29 is 14.4 Å². The van der Waals surface area contributed by atoms with Crippen molar-refractivity contribution >= 4 is 18.5 Å². The van der Waals surface area contributed by atoms with E-state index in [1.807, 2.05) is 0 Å². The molecule has 0 amide bonds. The molecule has 2 N–H and O–H groups in total. The van der Waals surface area contributed by atoms with E-state index in [0.717, 1.165) is 25.9 Å². The highest BCUT2D eigenvalue weighted by Gasteiger charge is 2.17. The fourth-order valence-electron chi connectivity index (χ4n) is 1.10. The van der Waals surface area contributed by atoms with Gasteiger partial charge in [-0.15, -0.1) is 0 Å². The maximum Gasteiger partial charge on any atom is 0.338 e. The number of hydroxylamine groups is 2. The minimum atomic E-state index is -3.47. The molecule has 1 rings (SSSR count). The molecule has 1 heterocycles. The van der Waals surface area contributed by atoms with Gasteiger partial charge in [0.05, 0.1) is 0 Å². The lowest BCUT2D eigenvalue weighted by Crippen LogP contribution is -2.28. The van der Waals surface area contributed by atoms with Crippen LogP contribution in [0.3, 0.4) is 0 Å². The van der Waals surface area contributed by atoms with E-state index >= 15 is 0 Å². The van der Waals surface area contributed by atoms with Crippen molar-refractivity contribution in [2.45, 2.75) is 19.3 Å². The van der Waals surface area contributed by atoms with E-state index in [4.69, 9.17) is 14.4 Å². The first-order valence-corrected chi connectivity index (χ1v) is 6.21. The Kier molecular flexibility index (Phi) is 3.43. The predicted molar refractivity (Wildman–Crippen MR) is 45.2 cm³/mol. The lowest BCUT2D eigenvalue weighted by Gasteiger charge is -2.26. The smallest absolute Gasteiger partial charge is 0.324 e. The molecule has 0 aliphatic carbocycles. The van der Waals surface area contributed by atoms with E-state index in [1.54, 1.807) is 5.06 Å². The van der Waals surface area contributed by atoms with Crippen molar-refractivity contribution in [3.8, 4) is 0 Å². The van der Waals surface area contributed by atoms with Gasteiger partial charge in [0.2, 0.25) is 0 Å². The van der Waals surface area contributed by atoms with Crippen molar-refractivity contribution in [2.75, 3.05) is 13.1 Å². The standard InChI is InChI=1S/C5H12NO3PS/c7-10(8,11)9-6-4-2-1-3-5-6/h1-5H2,(H2,7,8,11). The first kappa shape index (κ1) is 9.58. The molecule has 1 saturated heterocycles. The van der Waals surface area contributed by atoms with Gasteiger partial charge in [-0.05, 0) is 24.6 Å². The molecular weight excluding hydrogens is 185 g/mol. The average molecular weight is 197 g/mol. The summed E-state index contributed by atoms with van der Waals surface area (Å²) in [5.74, 6) is 0. The molecule has 66 valence electrons. The molecule has 1 aliphatic rings. The van der Waals surface area contributed by atoms with E-state index < -0.39 is 6.72 Å². The molecule has 0 bridgehead atoms. The third kappa shape index (κ3) is 4.15. The highest BCUT2D eigenvalue weighted by atomic mass is 32.5. The summed E-state index contributed by atoms with van der Waals surface area (Å²) in [6, 6.07) is 0. The maximum absolute atomic E-state index is 8.79. The van der Waals surface area contributed by atoms with Gasteiger partial charge in [0.25, 0.3) is 0 Å². The summed E-state index contributed by atoms with van der Waals surface area (Å²) in [6.45, 7) is -1.98. The fraction of sp³-hybridized carbons (Fsp3) is 1.00. The molecule has 0 saturated carbocycles. The molecule has 1 aliphatic heterocycles. The van der Waals surface area contributed by atoms with Crippen LogP contribution in [0.25, 0.3) is 0 Å². The van der Waals surface area contributed by atoms with Crippen LogP contribution in [0.1, 0.15) is 19.3 Å².